The minimum Gasteiger partial charge on any atom is -0.458 e. The first-order chi connectivity index (χ1) is 5.79. The quantitative estimate of drug-likeness (QED) is 0.457. The molecule has 0 N–H and O–H groups in total. The number of carbonyl (C=O) groups excluding carboxylic acids is 1. The predicted molar refractivity (Wildman–Crippen MR) is 43.3 cm³/mol. The fourth-order valence-corrected chi connectivity index (χ4v) is 2.87. The van der Waals surface area contributed by atoms with Crippen molar-refractivity contribution in [1.82, 2.24) is 0 Å². The topological polar surface area (TPSA) is 26.3 Å². The highest BCUT2D eigenvalue weighted by atomic mass is 16.6. The summed E-state index contributed by atoms with van der Waals surface area (Å²) in [5.41, 5.74) is -0.0567. The Kier molecular flexibility index (Phi) is 0.980. The predicted octanol–water partition coefficient (Wildman–Crippen LogP) is 1.51. The molecule has 3 aliphatic rings. The smallest absolute Gasteiger partial charge is 0.306 e. The largest absolute Gasteiger partial charge is 0.458 e. The van der Waals surface area contributed by atoms with Crippen molar-refractivity contribution in [2.24, 2.45) is 17.8 Å². The molecule has 0 aromatic carbocycles. The lowest BCUT2D eigenvalue weighted by Crippen LogP contribution is -2.19. The van der Waals surface area contributed by atoms with Crippen LogP contribution in [0.15, 0.2) is 12.7 Å². The lowest BCUT2D eigenvalue weighted by Gasteiger charge is -2.12. The van der Waals surface area contributed by atoms with Crippen molar-refractivity contribution >= 4 is 5.97 Å². The Morgan fingerprint density at radius 2 is 2.33 bits per heavy atom. The van der Waals surface area contributed by atoms with E-state index in [2.05, 4.69) is 6.58 Å². The molecular formula is C10H12O2. The minimum atomic E-state index is -0.0567. The standard InChI is InChI=1S/C10H12O2/c1-2-7-8-5-9(11)12-10(7,8)6-3-4-6/h2,6-8H,1,3-5H2/t7-,8-,10+/m1/s1. The minimum absolute atomic E-state index is 0.00463. The van der Waals surface area contributed by atoms with E-state index in [1.54, 1.807) is 0 Å². The highest BCUT2D eigenvalue weighted by Crippen LogP contribution is 2.69. The van der Waals surface area contributed by atoms with Gasteiger partial charge in [0.2, 0.25) is 0 Å². The first-order valence-corrected chi connectivity index (χ1v) is 4.63. The molecule has 0 aromatic rings. The van der Waals surface area contributed by atoms with Crippen molar-refractivity contribution in [2.75, 3.05) is 0 Å². The number of esters is 1. The van der Waals surface area contributed by atoms with E-state index in [4.69, 9.17) is 4.74 Å². The summed E-state index contributed by atoms with van der Waals surface area (Å²) in [5.74, 6) is 1.62. The van der Waals surface area contributed by atoms with Gasteiger partial charge in [-0.2, -0.15) is 0 Å². The molecule has 2 saturated carbocycles. The van der Waals surface area contributed by atoms with Gasteiger partial charge in [-0.15, -0.1) is 6.58 Å². The maximum atomic E-state index is 11.0. The Labute approximate surface area is 71.6 Å². The van der Waals surface area contributed by atoms with E-state index in [1.165, 1.54) is 12.8 Å². The van der Waals surface area contributed by atoms with Crippen LogP contribution >= 0.6 is 0 Å². The van der Waals surface area contributed by atoms with Gasteiger partial charge in [-0.25, -0.2) is 0 Å². The van der Waals surface area contributed by atoms with Gasteiger partial charge < -0.3 is 4.74 Å². The van der Waals surface area contributed by atoms with Crippen molar-refractivity contribution in [3.8, 4) is 0 Å². The van der Waals surface area contributed by atoms with Crippen LogP contribution < -0.4 is 0 Å². The van der Waals surface area contributed by atoms with Crippen LogP contribution in [0.1, 0.15) is 19.3 Å². The van der Waals surface area contributed by atoms with Crippen LogP contribution in [-0.4, -0.2) is 11.6 Å². The van der Waals surface area contributed by atoms with Gasteiger partial charge in [0.1, 0.15) is 5.60 Å². The second-order valence-electron chi connectivity index (χ2n) is 4.17. The number of ether oxygens (including phenoxy) is 1. The summed E-state index contributed by atoms with van der Waals surface area (Å²) in [7, 11) is 0. The summed E-state index contributed by atoms with van der Waals surface area (Å²) in [6, 6.07) is 0. The summed E-state index contributed by atoms with van der Waals surface area (Å²) in [5, 5.41) is 0. The molecule has 0 aromatic heterocycles. The zero-order chi connectivity index (χ0) is 8.34. The molecule has 64 valence electrons. The van der Waals surface area contributed by atoms with Crippen molar-refractivity contribution in [3.63, 3.8) is 0 Å². The molecule has 0 amide bonds. The molecule has 2 nitrogen and oxygen atoms in total. The second kappa shape index (κ2) is 1.76. The van der Waals surface area contributed by atoms with E-state index in [0.29, 0.717) is 24.2 Å². The molecule has 12 heavy (non-hydrogen) atoms. The summed E-state index contributed by atoms with van der Waals surface area (Å²) in [4.78, 5) is 11.0. The monoisotopic (exact) mass is 164 g/mol. The Bertz CT molecular complexity index is 267. The third-order valence-corrected chi connectivity index (χ3v) is 3.57. The van der Waals surface area contributed by atoms with Crippen molar-refractivity contribution in [1.29, 1.82) is 0 Å². The summed E-state index contributed by atoms with van der Waals surface area (Å²) in [6.45, 7) is 3.79. The Morgan fingerprint density at radius 1 is 1.58 bits per heavy atom. The molecule has 0 unspecified atom stereocenters. The first kappa shape index (κ1) is 6.70. The van der Waals surface area contributed by atoms with Gasteiger partial charge in [-0.3, -0.25) is 4.79 Å². The summed E-state index contributed by atoms with van der Waals surface area (Å²) in [6.07, 6.45) is 5.09. The first-order valence-electron chi connectivity index (χ1n) is 4.63. The molecule has 0 spiro atoms. The van der Waals surface area contributed by atoms with Crippen LogP contribution in [0.25, 0.3) is 0 Å². The van der Waals surface area contributed by atoms with Gasteiger partial charge in [-0.1, -0.05) is 6.08 Å². The normalized spacial score (nSPS) is 49.8. The van der Waals surface area contributed by atoms with E-state index in [0.717, 1.165) is 0 Å². The van der Waals surface area contributed by atoms with Crippen LogP contribution in [0.4, 0.5) is 0 Å². The van der Waals surface area contributed by atoms with Crippen LogP contribution in [0.5, 0.6) is 0 Å². The lowest BCUT2D eigenvalue weighted by molar-refractivity contribution is -0.147. The SMILES string of the molecule is C=C[C@@H]1[C@H]2CC(=O)O[C@@]12C1CC1. The van der Waals surface area contributed by atoms with Crippen LogP contribution in [0.3, 0.4) is 0 Å². The molecule has 1 saturated heterocycles. The Morgan fingerprint density at radius 3 is 2.92 bits per heavy atom. The number of fused-ring (bicyclic) bond motifs is 1. The van der Waals surface area contributed by atoms with Crippen LogP contribution in [0.2, 0.25) is 0 Å². The molecule has 1 aliphatic heterocycles. The van der Waals surface area contributed by atoms with E-state index >= 15 is 0 Å². The average molecular weight is 164 g/mol. The molecular weight excluding hydrogens is 152 g/mol. The molecule has 1 heterocycles. The zero-order valence-corrected chi connectivity index (χ0v) is 6.95. The number of rotatable bonds is 2. The Hall–Kier alpha value is -0.790. The highest BCUT2D eigenvalue weighted by molar-refractivity contribution is 5.76. The summed E-state index contributed by atoms with van der Waals surface area (Å²) >= 11 is 0. The van der Waals surface area contributed by atoms with E-state index in [9.17, 15) is 4.79 Å². The molecule has 3 fully saturated rings. The van der Waals surface area contributed by atoms with Gasteiger partial charge in [0.15, 0.2) is 0 Å². The second-order valence-corrected chi connectivity index (χ2v) is 4.17. The van der Waals surface area contributed by atoms with Gasteiger partial charge in [0, 0.05) is 11.8 Å². The van der Waals surface area contributed by atoms with Gasteiger partial charge in [0.25, 0.3) is 0 Å². The molecule has 3 atom stereocenters. The van der Waals surface area contributed by atoms with Crippen LogP contribution in [0, 0.1) is 17.8 Å². The van der Waals surface area contributed by atoms with Crippen molar-refractivity contribution < 1.29 is 9.53 Å². The highest BCUT2D eigenvalue weighted by Gasteiger charge is 2.76. The molecule has 0 radical (unpaired) electrons. The third kappa shape index (κ3) is 0.563. The van der Waals surface area contributed by atoms with Gasteiger partial charge in [-0.05, 0) is 18.8 Å². The van der Waals surface area contributed by atoms with E-state index in [-0.39, 0.29) is 11.6 Å². The van der Waals surface area contributed by atoms with Gasteiger partial charge in [0.05, 0.1) is 6.42 Å². The maximum absolute atomic E-state index is 11.0. The van der Waals surface area contributed by atoms with E-state index < -0.39 is 0 Å². The molecule has 2 aliphatic carbocycles. The summed E-state index contributed by atoms with van der Waals surface area (Å²) < 4.78 is 5.44. The van der Waals surface area contributed by atoms with Crippen molar-refractivity contribution in [2.45, 2.75) is 24.9 Å². The maximum Gasteiger partial charge on any atom is 0.306 e. The average Bonchev–Trinajstić information content (AvgIpc) is 2.90. The van der Waals surface area contributed by atoms with Crippen LogP contribution in [-0.2, 0) is 9.53 Å². The molecule has 0 bridgehead atoms. The van der Waals surface area contributed by atoms with Gasteiger partial charge >= 0.3 is 5.97 Å². The Balaban J connectivity index is 1.91. The fourth-order valence-electron chi connectivity index (χ4n) is 2.87. The lowest BCUT2D eigenvalue weighted by atomic mass is 10.1. The number of hydrogen-bond donors (Lipinski definition) is 0. The molecule has 3 rings (SSSR count). The van der Waals surface area contributed by atoms with E-state index in [1.807, 2.05) is 6.08 Å². The fraction of sp³-hybridized carbons (Fsp3) is 0.700. The molecule has 2 heteroatoms. The number of hydrogen-bond acceptors (Lipinski definition) is 2. The third-order valence-electron chi connectivity index (χ3n) is 3.57. The number of carbonyl (C=O) groups is 1. The van der Waals surface area contributed by atoms with Crippen molar-refractivity contribution in [3.05, 3.63) is 12.7 Å². The zero-order valence-electron chi connectivity index (χ0n) is 6.95.